The third-order valence-corrected chi connectivity index (χ3v) is 4.82. The average Bonchev–Trinajstić information content (AvgIpc) is 3.24. The predicted molar refractivity (Wildman–Crippen MR) is 120 cm³/mol. The van der Waals surface area contributed by atoms with Crippen molar-refractivity contribution in [3.05, 3.63) is 77.4 Å². The van der Waals surface area contributed by atoms with Gasteiger partial charge in [-0.15, -0.1) is 10.2 Å². The number of rotatable bonds is 9. The van der Waals surface area contributed by atoms with E-state index in [0.717, 1.165) is 42.6 Å². The van der Waals surface area contributed by atoms with Gasteiger partial charge in [0.15, 0.2) is 5.96 Å². The monoisotopic (exact) mass is 406 g/mol. The van der Waals surface area contributed by atoms with Crippen LogP contribution in [0.1, 0.15) is 29.4 Å². The van der Waals surface area contributed by atoms with Crippen LogP contribution in [-0.2, 0) is 26.1 Å². The van der Waals surface area contributed by atoms with Gasteiger partial charge in [-0.25, -0.2) is 4.99 Å². The van der Waals surface area contributed by atoms with Crippen LogP contribution in [-0.4, -0.2) is 34.4 Å². The van der Waals surface area contributed by atoms with Crippen molar-refractivity contribution in [2.24, 2.45) is 4.99 Å². The van der Waals surface area contributed by atoms with Crippen molar-refractivity contribution >= 4 is 5.96 Å². The molecule has 0 bridgehead atoms. The molecule has 0 aliphatic heterocycles. The lowest BCUT2D eigenvalue weighted by atomic mass is 10.1. The van der Waals surface area contributed by atoms with Crippen molar-refractivity contribution in [1.82, 2.24) is 25.4 Å². The number of guanidine groups is 1. The van der Waals surface area contributed by atoms with Crippen LogP contribution >= 0.6 is 0 Å². The summed E-state index contributed by atoms with van der Waals surface area (Å²) in [6.07, 6.45) is 2.64. The van der Waals surface area contributed by atoms with Crippen molar-refractivity contribution in [2.75, 3.05) is 13.7 Å². The van der Waals surface area contributed by atoms with Gasteiger partial charge in [-0.3, -0.25) is 0 Å². The van der Waals surface area contributed by atoms with Crippen molar-refractivity contribution in [3.8, 4) is 5.75 Å². The Morgan fingerprint density at radius 1 is 1.03 bits per heavy atom. The summed E-state index contributed by atoms with van der Waals surface area (Å²) < 4.78 is 7.29. The SMILES string of the molecule is CCc1nncn1CCNC(=NCc1ccc(OC)cc1)NCc1ccc(C)cc1. The lowest BCUT2D eigenvalue weighted by molar-refractivity contribution is 0.414. The molecule has 1 aromatic heterocycles. The van der Waals surface area contributed by atoms with E-state index in [4.69, 9.17) is 9.73 Å². The molecule has 30 heavy (non-hydrogen) atoms. The van der Waals surface area contributed by atoms with Gasteiger partial charge >= 0.3 is 0 Å². The highest BCUT2D eigenvalue weighted by molar-refractivity contribution is 5.79. The van der Waals surface area contributed by atoms with Gasteiger partial charge in [-0.05, 0) is 30.2 Å². The zero-order chi connectivity index (χ0) is 21.2. The Balaban J connectivity index is 1.62. The lowest BCUT2D eigenvalue weighted by Crippen LogP contribution is -2.38. The smallest absolute Gasteiger partial charge is 0.191 e. The fourth-order valence-electron chi connectivity index (χ4n) is 3.00. The van der Waals surface area contributed by atoms with Gasteiger partial charge in [-0.1, -0.05) is 48.9 Å². The first kappa shape index (κ1) is 21.4. The highest BCUT2D eigenvalue weighted by Crippen LogP contribution is 2.12. The molecule has 7 heteroatoms. The fraction of sp³-hybridized carbons (Fsp3) is 0.348. The summed E-state index contributed by atoms with van der Waals surface area (Å²) >= 11 is 0. The van der Waals surface area contributed by atoms with E-state index in [9.17, 15) is 0 Å². The zero-order valence-electron chi connectivity index (χ0n) is 17.9. The maximum atomic E-state index is 5.22. The van der Waals surface area contributed by atoms with Crippen LogP contribution in [0.4, 0.5) is 0 Å². The molecule has 0 unspecified atom stereocenters. The van der Waals surface area contributed by atoms with Gasteiger partial charge < -0.3 is 19.9 Å². The second-order valence-corrected chi connectivity index (χ2v) is 7.07. The minimum Gasteiger partial charge on any atom is -0.497 e. The number of hydrogen-bond acceptors (Lipinski definition) is 4. The second-order valence-electron chi connectivity index (χ2n) is 7.07. The molecule has 7 nitrogen and oxygen atoms in total. The molecule has 0 atom stereocenters. The van der Waals surface area contributed by atoms with E-state index in [1.54, 1.807) is 13.4 Å². The molecule has 0 aliphatic rings. The van der Waals surface area contributed by atoms with Gasteiger partial charge in [0.05, 0.1) is 13.7 Å². The van der Waals surface area contributed by atoms with Crippen LogP contribution in [0.5, 0.6) is 5.75 Å². The van der Waals surface area contributed by atoms with Crippen LogP contribution in [0.2, 0.25) is 0 Å². The number of hydrogen-bond donors (Lipinski definition) is 2. The molecular formula is C23H30N6O. The molecule has 0 spiro atoms. The molecule has 0 aliphatic carbocycles. The van der Waals surface area contributed by atoms with E-state index < -0.39 is 0 Å². The number of benzene rings is 2. The van der Waals surface area contributed by atoms with E-state index in [0.29, 0.717) is 13.1 Å². The van der Waals surface area contributed by atoms with E-state index in [1.807, 2.05) is 24.3 Å². The van der Waals surface area contributed by atoms with Crippen LogP contribution < -0.4 is 15.4 Å². The first-order valence-corrected chi connectivity index (χ1v) is 10.2. The Morgan fingerprint density at radius 2 is 1.77 bits per heavy atom. The summed E-state index contributed by atoms with van der Waals surface area (Å²) in [7, 11) is 1.67. The fourth-order valence-corrected chi connectivity index (χ4v) is 3.00. The molecule has 0 radical (unpaired) electrons. The highest BCUT2D eigenvalue weighted by Gasteiger charge is 2.04. The van der Waals surface area contributed by atoms with Crippen molar-refractivity contribution in [3.63, 3.8) is 0 Å². The quantitative estimate of drug-likeness (QED) is 0.422. The maximum Gasteiger partial charge on any atom is 0.191 e. The van der Waals surface area contributed by atoms with E-state index in [2.05, 4.69) is 63.5 Å². The summed E-state index contributed by atoms with van der Waals surface area (Å²) in [5.74, 6) is 2.61. The first-order valence-electron chi connectivity index (χ1n) is 10.2. The Bertz CT molecular complexity index is 931. The minimum atomic E-state index is 0.583. The molecule has 2 N–H and O–H groups in total. The summed E-state index contributed by atoms with van der Waals surface area (Å²) in [4.78, 5) is 4.76. The molecular weight excluding hydrogens is 376 g/mol. The molecule has 1 heterocycles. The summed E-state index contributed by atoms with van der Waals surface area (Å²) in [5, 5.41) is 15.0. The third kappa shape index (κ3) is 6.34. The highest BCUT2D eigenvalue weighted by atomic mass is 16.5. The number of methoxy groups -OCH3 is 1. The first-order chi connectivity index (χ1) is 14.7. The molecule has 3 aromatic rings. The van der Waals surface area contributed by atoms with Crippen molar-refractivity contribution < 1.29 is 4.74 Å². The van der Waals surface area contributed by atoms with E-state index in [-0.39, 0.29) is 0 Å². The lowest BCUT2D eigenvalue weighted by Gasteiger charge is -2.14. The summed E-state index contributed by atoms with van der Waals surface area (Å²) in [6.45, 7) is 6.98. The molecule has 0 saturated carbocycles. The molecule has 0 fully saturated rings. The number of aliphatic imine (C=N–C) groups is 1. The Kier molecular flexibility index (Phi) is 7.83. The average molecular weight is 407 g/mol. The van der Waals surface area contributed by atoms with Crippen LogP contribution in [0.25, 0.3) is 0 Å². The normalized spacial score (nSPS) is 11.4. The second kappa shape index (κ2) is 11.0. The topological polar surface area (TPSA) is 76.4 Å². The molecule has 0 amide bonds. The predicted octanol–water partition coefficient (Wildman–Crippen LogP) is 3.09. The van der Waals surface area contributed by atoms with Crippen LogP contribution in [0.15, 0.2) is 59.9 Å². The number of aromatic nitrogens is 3. The number of nitrogens with zero attached hydrogens (tertiary/aromatic N) is 4. The third-order valence-electron chi connectivity index (χ3n) is 4.82. The molecule has 158 valence electrons. The molecule has 2 aromatic carbocycles. The van der Waals surface area contributed by atoms with E-state index >= 15 is 0 Å². The van der Waals surface area contributed by atoms with Gasteiger partial charge in [-0.2, -0.15) is 0 Å². The van der Waals surface area contributed by atoms with Gasteiger partial charge in [0.2, 0.25) is 0 Å². The maximum absolute atomic E-state index is 5.22. The standard InChI is InChI=1S/C23H30N6O/c1-4-22-28-27-17-29(22)14-13-24-23(25-15-19-7-5-18(2)6-8-19)26-16-20-9-11-21(30-3)12-10-20/h5-12,17H,4,13-16H2,1-3H3,(H2,24,25,26). The van der Waals surface area contributed by atoms with Crippen LogP contribution in [0, 0.1) is 6.92 Å². The molecule has 0 saturated heterocycles. The number of ether oxygens (including phenoxy) is 1. The molecule has 3 rings (SSSR count). The largest absolute Gasteiger partial charge is 0.497 e. The van der Waals surface area contributed by atoms with Gasteiger partial charge in [0.1, 0.15) is 17.9 Å². The van der Waals surface area contributed by atoms with Crippen LogP contribution in [0.3, 0.4) is 0 Å². The van der Waals surface area contributed by atoms with E-state index in [1.165, 1.54) is 11.1 Å². The Labute approximate surface area is 178 Å². The summed E-state index contributed by atoms with van der Waals surface area (Å²) in [6, 6.07) is 16.5. The Morgan fingerprint density at radius 3 is 2.47 bits per heavy atom. The van der Waals surface area contributed by atoms with Crippen molar-refractivity contribution in [2.45, 2.75) is 39.9 Å². The van der Waals surface area contributed by atoms with Gasteiger partial charge in [0, 0.05) is 26.1 Å². The van der Waals surface area contributed by atoms with Crippen molar-refractivity contribution in [1.29, 1.82) is 0 Å². The summed E-state index contributed by atoms with van der Waals surface area (Å²) in [5.41, 5.74) is 3.59. The van der Waals surface area contributed by atoms with Gasteiger partial charge in [0.25, 0.3) is 0 Å². The Hall–Kier alpha value is -3.35. The number of nitrogens with one attached hydrogen (secondary N) is 2. The zero-order valence-corrected chi connectivity index (χ0v) is 17.9. The minimum absolute atomic E-state index is 0.583. The number of aryl methyl sites for hydroxylation is 2.